The van der Waals surface area contributed by atoms with E-state index in [4.69, 9.17) is 0 Å². The number of hydrogen-bond acceptors (Lipinski definition) is 4. The number of anilines is 2. The molecule has 6 nitrogen and oxygen atoms in total. The van der Waals surface area contributed by atoms with E-state index >= 15 is 0 Å². The number of benzene rings is 2. The fourth-order valence-electron chi connectivity index (χ4n) is 4.01. The maximum absolute atomic E-state index is 12.7. The first-order valence-corrected chi connectivity index (χ1v) is 12.2. The smallest absolute Gasteiger partial charge is 0.241 e. The molecule has 1 atom stereocenters. The standard InChI is InChI=1S/C23H31N3O3S/c1-17-8-7-9-18(2)23(17)26(30(4,28)29)16-22(27)24-19(3)20-10-12-21(13-11-20)25-14-5-6-15-25/h7-13,19H,5-6,14-16H2,1-4H3,(H,24,27). The predicted octanol–water partition coefficient (Wildman–Crippen LogP) is 3.55. The zero-order chi connectivity index (χ0) is 21.9. The number of hydrogen-bond donors (Lipinski definition) is 1. The van der Waals surface area contributed by atoms with Gasteiger partial charge in [0.2, 0.25) is 15.9 Å². The van der Waals surface area contributed by atoms with Crippen LogP contribution < -0.4 is 14.5 Å². The Morgan fingerprint density at radius 1 is 1.07 bits per heavy atom. The van der Waals surface area contributed by atoms with Crippen molar-refractivity contribution >= 4 is 27.3 Å². The van der Waals surface area contributed by atoms with Crippen LogP contribution in [0.5, 0.6) is 0 Å². The number of nitrogens with zero attached hydrogens (tertiary/aromatic N) is 2. The second-order valence-corrected chi connectivity index (χ2v) is 9.99. The third-order valence-corrected chi connectivity index (χ3v) is 6.73. The molecule has 0 spiro atoms. The molecule has 3 rings (SSSR count). The van der Waals surface area contributed by atoms with Crippen LogP contribution >= 0.6 is 0 Å². The van der Waals surface area contributed by atoms with Crippen LogP contribution in [0.1, 0.15) is 42.5 Å². The highest BCUT2D eigenvalue weighted by Gasteiger charge is 2.24. The Morgan fingerprint density at radius 2 is 1.63 bits per heavy atom. The van der Waals surface area contributed by atoms with Crippen LogP contribution in [0, 0.1) is 13.8 Å². The lowest BCUT2D eigenvalue weighted by Gasteiger charge is -2.26. The van der Waals surface area contributed by atoms with Gasteiger partial charge in [0.15, 0.2) is 0 Å². The molecule has 30 heavy (non-hydrogen) atoms. The largest absolute Gasteiger partial charge is 0.372 e. The van der Waals surface area contributed by atoms with Crippen molar-refractivity contribution in [3.63, 3.8) is 0 Å². The highest BCUT2D eigenvalue weighted by molar-refractivity contribution is 7.92. The van der Waals surface area contributed by atoms with Crippen LogP contribution in [0.4, 0.5) is 11.4 Å². The van der Waals surface area contributed by atoms with E-state index in [-0.39, 0.29) is 18.5 Å². The van der Waals surface area contributed by atoms with Crippen LogP contribution in [-0.2, 0) is 14.8 Å². The molecule has 0 radical (unpaired) electrons. The fraction of sp³-hybridized carbons (Fsp3) is 0.435. The molecule has 0 aliphatic carbocycles. The summed E-state index contributed by atoms with van der Waals surface area (Å²) in [6, 6.07) is 13.6. The first-order chi connectivity index (χ1) is 14.2. The van der Waals surface area contributed by atoms with Crippen molar-refractivity contribution in [3.05, 3.63) is 59.2 Å². The average Bonchev–Trinajstić information content (AvgIpc) is 3.21. The molecule has 1 N–H and O–H groups in total. The van der Waals surface area contributed by atoms with E-state index in [1.54, 1.807) is 0 Å². The average molecular weight is 430 g/mol. The van der Waals surface area contributed by atoms with Gasteiger partial charge in [0, 0.05) is 18.8 Å². The highest BCUT2D eigenvalue weighted by Crippen LogP contribution is 2.27. The minimum Gasteiger partial charge on any atom is -0.372 e. The Labute approximate surface area is 179 Å². The van der Waals surface area contributed by atoms with E-state index in [9.17, 15) is 13.2 Å². The maximum Gasteiger partial charge on any atom is 0.241 e. The Morgan fingerprint density at radius 3 is 2.17 bits per heavy atom. The summed E-state index contributed by atoms with van der Waals surface area (Å²) in [5.74, 6) is -0.334. The predicted molar refractivity (Wildman–Crippen MR) is 123 cm³/mol. The fourth-order valence-corrected chi connectivity index (χ4v) is 4.98. The van der Waals surface area contributed by atoms with Crippen LogP contribution in [0.15, 0.2) is 42.5 Å². The van der Waals surface area contributed by atoms with Gasteiger partial charge in [-0.1, -0.05) is 30.3 Å². The van der Waals surface area contributed by atoms with Crippen LogP contribution in [0.25, 0.3) is 0 Å². The summed E-state index contributed by atoms with van der Waals surface area (Å²) in [6.45, 7) is 7.54. The first-order valence-electron chi connectivity index (χ1n) is 10.3. The molecule has 1 unspecified atom stereocenters. The lowest BCUT2D eigenvalue weighted by atomic mass is 10.1. The maximum atomic E-state index is 12.7. The number of amides is 1. The molecule has 1 fully saturated rings. The van der Waals surface area contributed by atoms with Crippen molar-refractivity contribution in [1.82, 2.24) is 5.32 Å². The van der Waals surface area contributed by atoms with Gasteiger partial charge in [-0.25, -0.2) is 8.42 Å². The minimum absolute atomic E-state index is 0.218. The number of aryl methyl sites for hydroxylation is 2. The van der Waals surface area contributed by atoms with Crippen molar-refractivity contribution in [2.24, 2.45) is 0 Å². The van der Waals surface area contributed by atoms with Crippen LogP contribution in [0.2, 0.25) is 0 Å². The summed E-state index contributed by atoms with van der Waals surface area (Å²) >= 11 is 0. The third-order valence-electron chi connectivity index (χ3n) is 5.62. The molecule has 0 aromatic heterocycles. The minimum atomic E-state index is -3.61. The van der Waals surface area contributed by atoms with Crippen molar-refractivity contribution in [2.75, 3.05) is 35.1 Å². The summed E-state index contributed by atoms with van der Waals surface area (Å²) in [4.78, 5) is 15.1. The van der Waals surface area contributed by atoms with Gasteiger partial charge in [-0.15, -0.1) is 0 Å². The second-order valence-electron chi connectivity index (χ2n) is 8.08. The zero-order valence-electron chi connectivity index (χ0n) is 18.2. The quantitative estimate of drug-likeness (QED) is 0.731. The molecule has 7 heteroatoms. The van der Waals surface area contributed by atoms with Crippen molar-refractivity contribution < 1.29 is 13.2 Å². The molecular weight excluding hydrogens is 398 g/mol. The van der Waals surface area contributed by atoms with E-state index in [2.05, 4.69) is 22.3 Å². The van der Waals surface area contributed by atoms with E-state index in [1.165, 1.54) is 22.8 Å². The molecule has 2 aromatic carbocycles. The number of rotatable bonds is 7. The summed E-state index contributed by atoms with van der Waals surface area (Å²) in [5.41, 5.74) is 4.40. The van der Waals surface area contributed by atoms with Gasteiger partial charge in [-0.3, -0.25) is 9.10 Å². The van der Waals surface area contributed by atoms with Crippen LogP contribution in [0.3, 0.4) is 0 Å². The summed E-state index contributed by atoms with van der Waals surface area (Å²) in [6.07, 6.45) is 3.59. The topological polar surface area (TPSA) is 69.7 Å². The third kappa shape index (κ3) is 5.14. The highest BCUT2D eigenvalue weighted by atomic mass is 32.2. The Balaban J connectivity index is 1.71. The van der Waals surface area contributed by atoms with Gasteiger partial charge in [0.1, 0.15) is 6.54 Å². The molecule has 1 aliphatic rings. The lowest BCUT2D eigenvalue weighted by molar-refractivity contribution is -0.120. The first kappa shape index (κ1) is 22.2. The molecular formula is C23H31N3O3S. The van der Waals surface area contributed by atoms with E-state index in [0.29, 0.717) is 5.69 Å². The van der Waals surface area contributed by atoms with Gasteiger partial charge in [-0.05, 0) is 62.4 Å². The molecule has 1 heterocycles. The Hall–Kier alpha value is -2.54. The van der Waals surface area contributed by atoms with Gasteiger partial charge in [0.05, 0.1) is 18.0 Å². The normalized spacial score (nSPS) is 15.1. The van der Waals surface area contributed by atoms with E-state index in [0.717, 1.165) is 36.0 Å². The monoisotopic (exact) mass is 429 g/mol. The van der Waals surface area contributed by atoms with E-state index < -0.39 is 10.0 Å². The molecule has 162 valence electrons. The van der Waals surface area contributed by atoms with Crippen molar-refractivity contribution in [1.29, 1.82) is 0 Å². The van der Waals surface area contributed by atoms with Gasteiger partial charge >= 0.3 is 0 Å². The second kappa shape index (κ2) is 9.08. The number of para-hydroxylation sites is 1. The SMILES string of the molecule is Cc1cccc(C)c1N(CC(=O)NC(C)c1ccc(N2CCCC2)cc1)S(C)(=O)=O. The Kier molecular flexibility index (Phi) is 6.71. The van der Waals surface area contributed by atoms with Gasteiger partial charge in [0.25, 0.3) is 0 Å². The Bertz CT molecular complexity index is 977. The molecule has 2 aromatic rings. The zero-order valence-corrected chi connectivity index (χ0v) is 19.0. The molecule has 0 bridgehead atoms. The molecule has 1 aliphatic heterocycles. The summed E-state index contributed by atoms with van der Waals surface area (Å²) in [5, 5.41) is 2.94. The lowest BCUT2D eigenvalue weighted by Crippen LogP contribution is -2.41. The number of sulfonamides is 1. The number of nitrogens with one attached hydrogen (secondary N) is 1. The van der Waals surface area contributed by atoms with Gasteiger partial charge < -0.3 is 10.2 Å². The molecule has 1 saturated heterocycles. The molecule has 1 amide bonds. The van der Waals surface area contributed by atoms with Crippen molar-refractivity contribution in [2.45, 2.75) is 39.7 Å². The molecule has 0 saturated carbocycles. The summed E-state index contributed by atoms with van der Waals surface area (Å²) in [7, 11) is -3.61. The van der Waals surface area contributed by atoms with Crippen molar-refractivity contribution in [3.8, 4) is 0 Å². The number of carbonyl (C=O) groups is 1. The van der Waals surface area contributed by atoms with Gasteiger partial charge in [-0.2, -0.15) is 0 Å². The number of carbonyl (C=O) groups excluding carboxylic acids is 1. The summed E-state index contributed by atoms with van der Waals surface area (Å²) < 4.78 is 26.1. The van der Waals surface area contributed by atoms with Crippen LogP contribution in [-0.4, -0.2) is 40.2 Å². The van der Waals surface area contributed by atoms with E-state index in [1.807, 2.05) is 51.1 Å².